The van der Waals surface area contributed by atoms with E-state index in [0.717, 1.165) is 0 Å². The molecule has 0 amide bonds. The predicted octanol–water partition coefficient (Wildman–Crippen LogP) is 4.83. The van der Waals surface area contributed by atoms with Crippen molar-refractivity contribution in [2.24, 2.45) is 0 Å². The van der Waals surface area contributed by atoms with Crippen LogP contribution in [0.25, 0.3) is 11.0 Å². The summed E-state index contributed by atoms with van der Waals surface area (Å²) in [6.45, 7) is 0. The molecule has 3 aromatic carbocycles. The molecular weight excluding hydrogens is 460 g/mol. The Kier molecular flexibility index (Phi) is 5.65. The Balaban J connectivity index is 1.63. The molecule has 0 spiro atoms. The van der Waals surface area contributed by atoms with E-state index in [-0.39, 0.29) is 27.2 Å². The van der Waals surface area contributed by atoms with Crippen LogP contribution in [0.4, 0.5) is 11.4 Å². The van der Waals surface area contributed by atoms with E-state index in [0.29, 0.717) is 16.5 Å². The number of rotatable bonds is 7. The van der Waals surface area contributed by atoms with Gasteiger partial charge in [-0.05, 0) is 29.8 Å². The van der Waals surface area contributed by atoms with Crippen molar-refractivity contribution in [1.29, 1.82) is 0 Å². The first-order chi connectivity index (χ1) is 14.7. The number of nitrogens with one attached hydrogen (secondary N) is 2. The number of para-hydroxylation sites is 1. The summed E-state index contributed by atoms with van der Waals surface area (Å²) in [4.78, 5) is 0. The van der Waals surface area contributed by atoms with Crippen molar-refractivity contribution in [1.82, 2.24) is 0 Å². The van der Waals surface area contributed by atoms with Crippen LogP contribution in [-0.2, 0) is 25.8 Å². The van der Waals surface area contributed by atoms with Gasteiger partial charge in [0.2, 0.25) is 15.1 Å². The van der Waals surface area contributed by atoms with Crippen molar-refractivity contribution in [3.8, 4) is 0 Å². The van der Waals surface area contributed by atoms with Crippen LogP contribution < -0.4 is 9.44 Å². The molecule has 10 heteroatoms. The third-order valence-corrected chi connectivity index (χ3v) is 7.06. The molecule has 0 bridgehead atoms. The summed E-state index contributed by atoms with van der Waals surface area (Å²) in [6, 6.07) is 21.1. The van der Waals surface area contributed by atoms with Crippen LogP contribution in [0.1, 0.15) is 5.56 Å². The number of halogens is 1. The standard InChI is InChI=1S/C21H17ClN2O5S2/c22-17-10-11-18(23-30(25,26)14-15-6-2-1-3-7-15)19(13-17)24-31(27,28)21-12-16-8-4-5-9-20(16)29-21/h1-13,23-24H,14H2. The highest BCUT2D eigenvalue weighted by Gasteiger charge is 2.22. The molecule has 1 aromatic heterocycles. The molecule has 0 saturated carbocycles. The summed E-state index contributed by atoms with van der Waals surface area (Å²) in [5, 5.41) is 0.554. The number of furan rings is 1. The fourth-order valence-electron chi connectivity index (χ4n) is 2.97. The Morgan fingerprint density at radius 1 is 0.774 bits per heavy atom. The molecule has 0 unspecified atom stereocenters. The highest BCUT2D eigenvalue weighted by Crippen LogP contribution is 2.31. The number of benzene rings is 3. The molecule has 0 aliphatic heterocycles. The Morgan fingerprint density at radius 2 is 1.48 bits per heavy atom. The first-order valence-corrected chi connectivity index (χ1v) is 12.6. The molecule has 0 aliphatic rings. The minimum atomic E-state index is -4.14. The minimum Gasteiger partial charge on any atom is -0.443 e. The number of fused-ring (bicyclic) bond motifs is 1. The predicted molar refractivity (Wildman–Crippen MR) is 121 cm³/mol. The molecular formula is C21H17ClN2O5S2. The van der Waals surface area contributed by atoms with Crippen LogP contribution in [-0.4, -0.2) is 16.8 Å². The van der Waals surface area contributed by atoms with Gasteiger partial charge in [0.05, 0.1) is 17.1 Å². The normalized spacial score (nSPS) is 12.0. The van der Waals surface area contributed by atoms with Crippen molar-refractivity contribution >= 4 is 54.0 Å². The second-order valence-electron chi connectivity index (χ2n) is 6.75. The SMILES string of the molecule is O=S(=O)(Cc1ccccc1)Nc1ccc(Cl)cc1NS(=O)(=O)c1cc2ccccc2o1. The molecule has 7 nitrogen and oxygen atoms in total. The zero-order valence-electron chi connectivity index (χ0n) is 15.9. The number of sulfonamides is 2. The molecule has 4 rings (SSSR count). The lowest BCUT2D eigenvalue weighted by Crippen LogP contribution is -2.18. The maximum Gasteiger partial charge on any atom is 0.295 e. The summed E-state index contributed by atoms with van der Waals surface area (Å²) in [5.74, 6) is -0.272. The summed E-state index contributed by atoms with van der Waals surface area (Å²) < 4.78 is 61.2. The first kappa shape index (κ1) is 21.2. The Labute approximate surface area is 184 Å². The largest absolute Gasteiger partial charge is 0.443 e. The van der Waals surface area contributed by atoms with Gasteiger partial charge in [-0.15, -0.1) is 0 Å². The number of hydrogen-bond donors (Lipinski definition) is 2. The van der Waals surface area contributed by atoms with Crippen LogP contribution in [0.3, 0.4) is 0 Å². The quantitative estimate of drug-likeness (QED) is 0.397. The highest BCUT2D eigenvalue weighted by molar-refractivity contribution is 7.92. The Hall–Kier alpha value is -3.01. The third kappa shape index (κ3) is 5.01. The molecule has 1 heterocycles. The lowest BCUT2D eigenvalue weighted by molar-refractivity contribution is 0.484. The average Bonchev–Trinajstić information content (AvgIpc) is 3.15. The van der Waals surface area contributed by atoms with E-state index in [1.54, 1.807) is 54.6 Å². The van der Waals surface area contributed by atoms with Crippen molar-refractivity contribution in [2.75, 3.05) is 9.44 Å². The summed E-state index contributed by atoms with van der Waals surface area (Å²) >= 11 is 6.02. The van der Waals surface area contributed by atoms with E-state index in [2.05, 4.69) is 9.44 Å². The Morgan fingerprint density at radius 3 is 2.23 bits per heavy atom. The summed E-state index contributed by atoms with van der Waals surface area (Å²) in [6.07, 6.45) is 0. The van der Waals surface area contributed by atoms with Crippen LogP contribution in [0.15, 0.2) is 88.4 Å². The Bertz CT molecular complexity index is 1420. The van der Waals surface area contributed by atoms with Gasteiger partial charge in [-0.1, -0.05) is 60.1 Å². The third-order valence-electron chi connectivity index (χ3n) is 4.36. The van der Waals surface area contributed by atoms with Gasteiger partial charge < -0.3 is 4.42 Å². The van der Waals surface area contributed by atoms with E-state index in [9.17, 15) is 16.8 Å². The lowest BCUT2D eigenvalue weighted by Gasteiger charge is -2.14. The van der Waals surface area contributed by atoms with Crippen molar-refractivity contribution in [3.05, 3.63) is 89.4 Å². The van der Waals surface area contributed by atoms with Crippen LogP contribution in [0.2, 0.25) is 5.02 Å². The van der Waals surface area contributed by atoms with Crippen LogP contribution in [0.5, 0.6) is 0 Å². The number of hydrogen-bond acceptors (Lipinski definition) is 5. The van der Waals surface area contributed by atoms with Gasteiger partial charge in [-0.3, -0.25) is 9.44 Å². The lowest BCUT2D eigenvalue weighted by atomic mass is 10.2. The van der Waals surface area contributed by atoms with Gasteiger partial charge in [0.1, 0.15) is 5.58 Å². The average molecular weight is 477 g/mol. The van der Waals surface area contributed by atoms with Crippen molar-refractivity contribution in [3.63, 3.8) is 0 Å². The zero-order valence-corrected chi connectivity index (χ0v) is 18.3. The number of anilines is 2. The van der Waals surface area contributed by atoms with E-state index < -0.39 is 20.0 Å². The molecule has 2 N–H and O–H groups in total. The zero-order chi connectivity index (χ0) is 22.1. The molecule has 160 valence electrons. The monoisotopic (exact) mass is 476 g/mol. The van der Waals surface area contributed by atoms with E-state index in [4.69, 9.17) is 16.0 Å². The van der Waals surface area contributed by atoms with Gasteiger partial charge >= 0.3 is 0 Å². The van der Waals surface area contributed by atoms with Gasteiger partial charge in [0, 0.05) is 16.5 Å². The van der Waals surface area contributed by atoms with E-state index in [1.165, 1.54) is 24.3 Å². The highest BCUT2D eigenvalue weighted by atomic mass is 35.5. The topological polar surface area (TPSA) is 105 Å². The van der Waals surface area contributed by atoms with Gasteiger partial charge in [-0.25, -0.2) is 8.42 Å². The fraction of sp³-hybridized carbons (Fsp3) is 0.0476. The van der Waals surface area contributed by atoms with Crippen molar-refractivity contribution in [2.45, 2.75) is 10.8 Å². The summed E-state index contributed by atoms with van der Waals surface area (Å²) in [7, 11) is -7.95. The van der Waals surface area contributed by atoms with Crippen molar-refractivity contribution < 1.29 is 21.3 Å². The van der Waals surface area contributed by atoms with E-state index >= 15 is 0 Å². The molecule has 0 saturated heterocycles. The van der Waals surface area contributed by atoms with Gasteiger partial charge in [0.25, 0.3) is 10.0 Å². The van der Waals surface area contributed by atoms with Crippen LogP contribution >= 0.6 is 11.6 Å². The molecule has 0 fully saturated rings. The van der Waals surface area contributed by atoms with Gasteiger partial charge in [0.15, 0.2) is 0 Å². The second kappa shape index (κ2) is 8.26. The second-order valence-corrected chi connectivity index (χ2v) is 10.5. The maximum absolute atomic E-state index is 12.9. The van der Waals surface area contributed by atoms with E-state index in [1.807, 2.05) is 0 Å². The van der Waals surface area contributed by atoms with Crippen LogP contribution in [0, 0.1) is 0 Å². The maximum atomic E-state index is 12.9. The molecule has 0 radical (unpaired) electrons. The minimum absolute atomic E-state index is 0.0235. The molecule has 0 aliphatic carbocycles. The molecule has 0 atom stereocenters. The first-order valence-electron chi connectivity index (χ1n) is 9.07. The molecule has 4 aromatic rings. The van der Waals surface area contributed by atoms with Gasteiger partial charge in [-0.2, -0.15) is 8.42 Å². The smallest absolute Gasteiger partial charge is 0.295 e. The summed E-state index contributed by atoms with van der Waals surface area (Å²) in [5.41, 5.74) is 1.02. The fourth-order valence-corrected chi connectivity index (χ4v) is 5.40. The molecule has 31 heavy (non-hydrogen) atoms.